The Morgan fingerprint density at radius 2 is 1.58 bits per heavy atom. The Labute approximate surface area is 143 Å². The summed E-state index contributed by atoms with van der Waals surface area (Å²) in [6, 6.07) is 7.30. The first kappa shape index (κ1) is 19.7. The number of hydrogen-bond acceptors (Lipinski definition) is 5. The van der Waals surface area contributed by atoms with Crippen LogP contribution in [0, 0.1) is 0 Å². The van der Waals surface area contributed by atoms with Gasteiger partial charge in [-0.05, 0) is 43.5 Å². The number of ether oxygens (including phenoxy) is 3. The standard InChI is InChI=1S/C19H26O5/c1-4-11-23-18(20)14-16(19(21)24-12-5-2)13-15-7-9-17(10-8-15)22-6-3/h7-10,13H,4-6,11-12,14H2,1-3H3. The van der Waals surface area contributed by atoms with Gasteiger partial charge < -0.3 is 14.2 Å². The average molecular weight is 334 g/mol. The predicted molar refractivity (Wildman–Crippen MR) is 92.7 cm³/mol. The molecular formula is C19H26O5. The van der Waals surface area contributed by atoms with E-state index in [1.165, 1.54) is 0 Å². The molecule has 132 valence electrons. The van der Waals surface area contributed by atoms with E-state index in [1.807, 2.05) is 45.0 Å². The molecule has 24 heavy (non-hydrogen) atoms. The topological polar surface area (TPSA) is 61.8 Å². The summed E-state index contributed by atoms with van der Waals surface area (Å²) in [6.45, 7) is 7.01. The molecule has 0 spiro atoms. The van der Waals surface area contributed by atoms with Crippen molar-refractivity contribution in [3.63, 3.8) is 0 Å². The van der Waals surface area contributed by atoms with E-state index < -0.39 is 11.9 Å². The van der Waals surface area contributed by atoms with E-state index in [1.54, 1.807) is 6.08 Å². The van der Waals surface area contributed by atoms with E-state index in [9.17, 15) is 9.59 Å². The zero-order valence-electron chi connectivity index (χ0n) is 14.7. The number of esters is 2. The van der Waals surface area contributed by atoms with E-state index in [-0.39, 0.29) is 12.0 Å². The van der Waals surface area contributed by atoms with Crippen molar-refractivity contribution < 1.29 is 23.8 Å². The Kier molecular flexibility index (Phi) is 9.27. The maximum absolute atomic E-state index is 12.2. The van der Waals surface area contributed by atoms with Crippen LogP contribution < -0.4 is 4.74 Å². The quantitative estimate of drug-likeness (QED) is 0.481. The summed E-state index contributed by atoms with van der Waals surface area (Å²) in [5.74, 6) is -0.159. The fourth-order valence-corrected chi connectivity index (χ4v) is 1.92. The normalized spacial score (nSPS) is 11.0. The third kappa shape index (κ3) is 7.31. The van der Waals surface area contributed by atoms with Gasteiger partial charge in [-0.1, -0.05) is 26.0 Å². The van der Waals surface area contributed by atoms with Gasteiger partial charge in [-0.25, -0.2) is 4.79 Å². The molecule has 0 atom stereocenters. The minimum atomic E-state index is -0.487. The zero-order chi connectivity index (χ0) is 17.8. The third-order valence-electron chi connectivity index (χ3n) is 3.03. The molecule has 0 aromatic heterocycles. The first-order valence-electron chi connectivity index (χ1n) is 8.36. The molecule has 1 aromatic carbocycles. The SMILES string of the molecule is CCCOC(=O)CC(=Cc1ccc(OCC)cc1)C(=O)OCCC. The van der Waals surface area contributed by atoms with Crippen LogP contribution in [-0.2, 0) is 19.1 Å². The molecule has 0 radical (unpaired) electrons. The highest BCUT2D eigenvalue weighted by molar-refractivity contribution is 5.98. The van der Waals surface area contributed by atoms with Crippen LogP contribution in [0.25, 0.3) is 6.08 Å². The molecule has 0 amide bonds. The van der Waals surface area contributed by atoms with Crippen molar-refractivity contribution in [3.8, 4) is 5.75 Å². The van der Waals surface area contributed by atoms with Crippen molar-refractivity contribution >= 4 is 18.0 Å². The van der Waals surface area contributed by atoms with E-state index in [0.29, 0.717) is 19.8 Å². The van der Waals surface area contributed by atoms with Crippen molar-refractivity contribution in [3.05, 3.63) is 35.4 Å². The van der Waals surface area contributed by atoms with Crippen molar-refractivity contribution in [2.75, 3.05) is 19.8 Å². The zero-order valence-corrected chi connectivity index (χ0v) is 14.7. The highest BCUT2D eigenvalue weighted by Gasteiger charge is 2.16. The van der Waals surface area contributed by atoms with Crippen molar-refractivity contribution in [1.29, 1.82) is 0 Å². The Morgan fingerprint density at radius 1 is 0.958 bits per heavy atom. The number of hydrogen-bond donors (Lipinski definition) is 0. The highest BCUT2D eigenvalue weighted by atomic mass is 16.5. The van der Waals surface area contributed by atoms with E-state index >= 15 is 0 Å². The van der Waals surface area contributed by atoms with Crippen LogP contribution in [0.4, 0.5) is 0 Å². The fourth-order valence-electron chi connectivity index (χ4n) is 1.92. The molecule has 0 aliphatic heterocycles. The van der Waals surface area contributed by atoms with Gasteiger partial charge in [0.25, 0.3) is 0 Å². The second kappa shape index (κ2) is 11.3. The summed E-state index contributed by atoms with van der Waals surface area (Å²) in [6.07, 6.45) is 3.02. The lowest BCUT2D eigenvalue weighted by Gasteiger charge is -2.09. The average Bonchev–Trinajstić information content (AvgIpc) is 2.59. The van der Waals surface area contributed by atoms with Crippen LogP contribution in [0.1, 0.15) is 45.6 Å². The lowest BCUT2D eigenvalue weighted by Crippen LogP contribution is -2.14. The first-order valence-corrected chi connectivity index (χ1v) is 8.36. The number of rotatable bonds is 10. The molecule has 1 rings (SSSR count). The van der Waals surface area contributed by atoms with Gasteiger partial charge in [0.1, 0.15) is 5.75 Å². The molecule has 5 heteroatoms. The summed E-state index contributed by atoms with van der Waals surface area (Å²) in [7, 11) is 0. The van der Waals surface area contributed by atoms with Crippen LogP contribution in [0.5, 0.6) is 5.75 Å². The summed E-state index contributed by atoms with van der Waals surface area (Å²) < 4.78 is 15.6. The van der Waals surface area contributed by atoms with Gasteiger partial charge >= 0.3 is 11.9 Å². The molecule has 0 saturated carbocycles. The lowest BCUT2D eigenvalue weighted by atomic mass is 10.1. The van der Waals surface area contributed by atoms with Crippen LogP contribution in [0.15, 0.2) is 29.8 Å². The molecule has 0 N–H and O–H groups in total. The first-order chi connectivity index (χ1) is 11.6. The smallest absolute Gasteiger partial charge is 0.334 e. The van der Waals surface area contributed by atoms with Gasteiger partial charge in [-0.15, -0.1) is 0 Å². The maximum Gasteiger partial charge on any atom is 0.334 e. The molecule has 0 bridgehead atoms. The molecule has 0 heterocycles. The van der Waals surface area contributed by atoms with Gasteiger partial charge in [0, 0.05) is 5.57 Å². The van der Waals surface area contributed by atoms with Crippen LogP contribution in [0.2, 0.25) is 0 Å². The molecule has 0 unspecified atom stereocenters. The van der Waals surface area contributed by atoms with E-state index in [4.69, 9.17) is 14.2 Å². The Morgan fingerprint density at radius 3 is 2.17 bits per heavy atom. The van der Waals surface area contributed by atoms with Crippen LogP contribution >= 0.6 is 0 Å². The predicted octanol–water partition coefficient (Wildman–Crippen LogP) is 3.77. The summed E-state index contributed by atoms with van der Waals surface area (Å²) in [5.41, 5.74) is 1.08. The van der Waals surface area contributed by atoms with Crippen molar-refractivity contribution in [2.24, 2.45) is 0 Å². The van der Waals surface area contributed by atoms with Gasteiger partial charge in [-0.3, -0.25) is 4.79 Å². The minimum absolute atomic E-state index is 0.101. The van der Waals surface area contributed by atoms with Crippen LogP contribution in [0.3, 0.4) is 0 Å². The Bertz CT molecular complexity index is 545. The van der Waals surface area contributed by atoms with Crippen molar-refractivity contribution in [2.45, 2.75) is 40.0 Å². The third-order valence-corrected chi connectivity index (χ3v) is 3.03. The van der Waals surface area contributed by atoms with Crippen LogP contribution in [-0.4, -0.2) is 31.8 Å². The minimum Gasteiger partial charge on any atom is -0.494 e. The summed E-state index contributed by atoms with van der Waals surface area (Å²) in [5, 5.41) is 0. The monoisotopic (exact) mass is 334 g/mol. The molecule has 0 saturated heterocycles. The van der Waals surface area contributed by atoms with Gasteiger partial charge in [0.15, 0.2) is 0 Å². The second-order valence-electron chi connectivity index (χ2n) is 5.20. The summed E-state index contributed by atoms with van der Waals surface area (Å²) >= 11 is 0. The van der Waals surface area contributed by atoms with Crippen molar-refractivity contribution in [1.82, 2.24) is 0 Å². The van der Waals surface area contributed by atoms with E-state index in [0.717, 1.165) is 24.2 Å². The Balaban J connectivity index is 2.88. The second-order valence-corrected chi connectivity index (χ2v) is 5.20. The lowest BCUT2D eigenvalue weighted by molar-refractivity contribution is -0.146. The molecule has 0 fully saturated rings. The largest absolute Gasteiger partial charge is 0.494 e. The number of benzene rings is 1. The van der Waals surface area contributed by atoms with Gasteiger partial charge in [0.2, 0.25) is 0 Å². The maximum atomic E-state index is 12.2. The number of carbonyl (C=O) groups is 2. The molecular weight excluding hydrogens is 308 g/mol. The highest BCUT2D eigenvalue weighted by Crippen LogP contribution is 2.17. The van der Waals surface area contributed by atoms with Gasteiger partial charge in [-0.2, -0.15) is 0 Å². The Hall–Kier alpha value is -2.30. The van der Waals surface area contributed by atoms with E-state index in [2.05, 4.69) is 0 Å². The molecule has 5 nitrogen and oxygen atoms in total. The molecule has 1 aromatic rings. The summed E-state index contributed by atoms with van der Waals surface area (Å²) in [4.78, 5) is 24.0. The number of carbonyl (C=O) groups excluding carboxylic acids is 2. The fraction of sp³-hybridized carbons (Fsp3) is 0.474. The molecule has 0 aliphatic carbocycles. The molecule has 0 aliphatic rings. The van der Waals surface area contributed by atoms with Gasteiger partial charge in [0.05, 0.1) is 26.2 Å².